The van der Waals surface area contributed by atoms with E-state index in [1.807, 2.05) is 0 Å². The highest BCUT2D eigenvalue weighted by Crippen LogP contribution is 2.25. The van der Waals surface area contributed by atoms with Gasteiger partial charge in [0, 0.05) is 0 Å². The lowest BCUT2D eigenvalue weighted by molar-refractivity contribution is -0.371. The lowest BCUT2D eigenvalue weighted by atomic mass is 9.95. The van der Waals surface area contributed by atoms with Gasteiger partial charge in [-0.15, -0.1) is 0 Å². The molecular formula is C48H116O37. The van der Waals surface area contributed by atoms with Gasteiger partial charge in [0.25, 0.3) is 5.79 Å². The van der Waals surface area contributed by atoms with Gasteiger partial charge in [-0.2, -0.15) is 0 Å². The van der Waals surface area contributed by atoms with Crippen LogP contribution in [-0.2, 0) is 4.79 Å². The molecule has 0 aromatic rings. The van der Waals surface area contributed by atoms with Gasteiger partial charge in [-0.3, -0.25) is 0 Å². The minimum Gasteiger partial charge on any atom is -0.477 e. The van der Waals surface area contributed by atoms with Crippen LogP contribution in [-0.4, -0.2) is 401 Å². The van der Waals surface area contributed by atoms with Crippen molar-refractivity contribution in [3.8, 4) is 0 Å². The van der Waals surface area contributed by atoms with E-state index in [4.69, 9.17) is 158 Å². The van der Waals surface area contributed by atoms with Crippen LogP contribution in [0, 0.1) is 0 Å². The number of rotatable bonds is 36. The number of aliphatic hydroxyl groups is 35. The third-order valence-corrected chi connectivity index (χ3v) is 8.82. The van der Waals surface area contributed by atoms with Crippen LogP contribution < -0.4 is 0 Å². The maximum atomic E-state index is 10.6. The molecule has 0 heterocycles. The summed E-state index contributed by atoms with van der Waals surface area (Å²) < 4.78 is 0. The fourth-order valence-corrected chi connectivity index (χ4v) is 3.35. The summed E-state index contributed by atoms with van der Waals surface area (Å²) in [6.45, 7) is -5.09. The van der Waals surface area contributed by atoms with Crippen LogP contribution >= 0.6 is 0 Å². The molecule has 0 aliphatic carbocycles. The number of hydrogen-bond donors (Lipinski definition) is 36. The Balaban J connectivity index is -0.0000000849. The van der Waals surface area contributed by atoms with E-state index in [-0.39, 0.29) is 139 Å². The molecule has 0 bridgehead atoms. The summed E-state index contributed by atoms with van der Waals surface area (Å²) in [5.74, 6) is -9.56. The summed E-state index contributed by atoms with van der Waals surface area (Å²) in [6.07, 6.45) is 1.68. The largest absolute Gasteiger partial charge is 0.477 e. The Morgan fingerprint density at radius 3 is 0.494 bits per heavy atom. The van der Waals surface area contributed by atoms with E-state index in [1.54, 1.807) is 0 Å². The summed E-state index contributed by atoms with van der Waals surface area (Å²) in [5, 5.41) is 296. The molecule has 0 aromatic carbocycles. The van der Waals surface area contributed by atoms with Crippen LogP contribution in [0.3, 0.4) is 0 Å². The Kier molecular flexibility index (Phi) is 109. The SMILES string of the molecule is CCCCCCCCCCCCCCC(O)C(O)(O)C(O)(O)C(=O)O.OCC(O)CO.OCC(O)CO.OCC(O)CO.OCC(O)CO.OCC(O)CO.OCC(O)CO.OCC(O)CO.OCC(O)CO.OCC(O)CO.OCC(O)CO. The molecular weight excluding hydrogens is 1170 g/mol. The van der Waals surface area contributed by atoms with Gasteiger partial charge in [-0.05, 0) is 6.42 Å². The van der Waals surface area contributed by atoms with Gasteiger partial charge in [-0.1, -0.05) is 84.0 Å². The van der Waals surface area contributed by atoms with Crippen LogP contribution in [0.25, 0.3) is 0 Å². The van der Waals surface area contributed by atoms with Crippen molar-refractivity contribution < 1.29 is 189 Å². The average molecular weight is 1290 g/mol. The normalized spacial score (nSPS) is 11.1. The molecule has 37 nitrogen and oxygen atoms in total. The summed E-state index contributed by atoms with van der Waals surface area (Å²) in [4.78, 5) is 10.6. The van der Waals surface area contributed by atoms with Crippen LogP contribution in [0.4, 0.5) is 0 Å². The van der Waals surface area contributed by atoms with E-state index in [0.29, 0.717) is 6.42 Å². The van der Waals surface area contributed by atoms with E-state index < -0.39 is 84.7 Å². The number of hydrogen-bond acceptors (Lipinski definition) is 36. The molecule has 0 aliphatic heterocycles. The molecule has 36 N–H and O–H groups in total. The van der Waals surface area contributed by atoms with Crippen molar-refractivity contribution in [2.24, 2.45) is 0 Å². The summed E-state index contributed by atoms with van der Waals surface area (Å²) in [6, 6.07) is 0. The van der Waals surface area contributed by atoms with Crippen molar-refractivity contribution in [1.29, 1.82) is 0 Å². The van der Waals surface area contributed by atoms with E-state index >= 15 is 0 Å². The first-order valence-electron chi connectivity index (χ1n) is 26.6. The number of carboxylic acid groups (broad SMARTS) is 1. The Morgan fingerprint density at radius 2 is 0.388 bits per heavy atom. The molecule has 0 rings (SSSR count). The number of aliphatic carboxylic acids is 1. The molecule has 0 saturated heterocycles. The summed E-state index contributed by atoms with van der Waals surface area (Å²) >= 11 is 0. The lowest BCUT2D eigenvalue weighted by Gasteiger charge is -2.34. The molecule has 0 aromatic heterocycles. The first-order chi connectivity index (χ1) is 39.8. The molecule has 1 unspecified atom stereocenters. The highest BCUT2D eigenvalue weighted by Gasteiger charge is 2.58. The molecule has 0 amide bonds. The second-order valence-electron chi connectivity index (χ2n) is 17.1. The molecule has 0 aliphatic rings. The van der Waals surface area contributed by atoms with E-state index in [9.17, 15) is 30.3 Å². The Bertz CT molecular complexity index is 940. The Morgan fingerprint density at radius 1 is 0.259 bits per heavy atom. The molecule has 85 heavy (non-hydrogen) atoms. The zero-order chi connectivity index (χ0) is 69.3. The number of carbonyl (C=O) groups is 1. The van der Waals surface area contributed by atoms with Gasteiger partial charge in [0.05, 0.1) is 132 Å². The van der Waals surface area contributed by atoms with Crippen LogP contribution in [0.2, 0.25) is 0 Å². The molecule has 0 fully saturated rings. The lowest BCUT2D eigenvalue weighted by Crippen LogP contribution is -2.65. The van der Waals surface area contributed by atoms with Gasteiger partial charge in [0.1, 0.15) is 67.1 Å². The molecule has 530 valence electrons. The van der Waals surface area contributed by atoms with Gasteiger partial charge in [0.15, 0.2) is 0 Å². The third-order valence-electron chi connectivity index (χ3n) is 8.82. The van der Waals surface area contributed by atoms with Crippen molar-refractivity contribution in [1.82, 2.24) is 0 Å². The van der Waals surface area contributed by atoms with Crippen molar-refractivity contribution in [2.75, 3.05) is 132 Å². The van der Waals surface area contributed by atoms with Crippen molar-refractivity contribution in [2.45, 2.75) is 169 Å². The van der Waals surface area contributed by atoms with Crippen LogP contribution in [0.1, 0.15) is 90.4 Å². The second kappa shape index (κ2) is 86.3. The maximum absolute atomic E-state index is 10.6. The van der Waals surface area contributed by atoms with Crippen LogP contribution in [0.5, 0.6) is 0 Å². The van der Waals surface area contributed by atoms with Gasteiger partial charge in [0.2, 0.25) is 0 Å². The van der Waals surface area contributed by atoms with Gasteiger partial charge in [-0.25, -0.2) is 4.79 Å². The summed E-state index contributed by atoms with van der Waals surface area (Å²) in [7, 11) is 0. The fraction of sp³-hybridized carbons (Fsp3) is 0.979. The number of aliphatic hydroxyl groups excluding tert-OH is 31. The smallest absolute Gasteiger partial charge is 0.370 e. The zero-order valence-corrected chi connectivity index (χ0v) is 48.7. The molecule has 0 saturated carbocycles. The van der Waals surface area contributed by atoms with Crippen LogP contribution in [0.15, 0.2) is 0 Å². The number of carboxylic acids is 1. The predicted molar refractivity (Wildman–Crippen MR) is 295 cm³/mol. The Labute approximate surface area is 495 Å². The Hall–Kier alpha value is -1.93. The monoisotopic (exact) mass is 1280 g/mol. The first kappa shape index (κ1) is 108. The fourth-order valence-electron chi connectivity index (χ4n) is 3.35. The van der Waals surface area contributed by atoms with Crippen molar-refractivity contribution >= 4 is 5.97 Å². The van der Waals surface area contributed by atoms with E-state index in [0.717, 1.165) is 25.7 Å². The van der Waals surface area contributed by atoms with Crippen molar-refractivity contribution in [3.63, 3.8) is 0 Å². The highest BCUT2D eigenvalue weighted by atomic mass is 16.6. The highest BCUT2D eigenvalue weighted by molar-refractivity contribution is 5.76. The second-order valence-corrected chi connectivity index (χ2v) is 17.1. The quantitative estimate of drug-likeness (QED) is 0.0205. The standard InChI is InChI=1S/C18H36O7.10C3H8O3/c1-2-3-4-5-6-7-8-9-10-11-12-13-14-15(19)17(22,23)18(24,25)16(20)21;10*4-1-3(6)2-5/h15,19,22-25H,2-14H2,1H3,(H,20,21);10*3-6H,1-2H2. The molecule has 0 spiro atoms. The maximum Gasteiger partial charge on any atom is 0.370 e. The van der Waals surface area contributed by atoms with Crippen molar-refractivity contribution in [3.05, 3.63) is 0 Å². The topological polar surface area (TPSA) is 745 Å². The van der Waals surface area contributed by atoms with E-state index in [2.05, 4.69) is 6.92 Å². The number of unbranched alkanes of at least 4 members (excludes halogenated alkanes) is 11. The molecule has 0 radical (unpaired) electrons. The third kappa shape index (κ3) is 98.5. The minimum atomic E-state index is -3.82. The predicted octanol–water partition coefficient (Wildman–Crippen LogP) is -14.8. The molecule has 1 atom stereocenters. The van der Waals surface area contributed by atoms with Gasteiger partial charge < -0.3 is 184 Å². The van der Waals surface area contributed by atoms with Gasteiger partial charge >= 0.3 is 11.8 Å². The molecule has 37 heteroatoms. The minimum absolute atomic E-state index is 0.124. The summed E-state index contributed by atoms with van der Waals surface area (Å²) in [5.41, 5.74) is 0. The van der Waals surface area contributed by atoms with E-state index in [1.165, 1.54) is 44.9 Å². The average Bonchev–Trinajstić information content (AvgIpc) is 3.46. The first-order valence-corrected chi connectivity index (χ1v) is 26.6. The zero-order valence-electron chi connectivity index (χ0n) is 48.7.